The quantitative estimate of drug-likeness (QED) is 0.780. The first kappa shape index (κ1) is 15.6. The molecule has 6 heteroatoms. The number of anilines is 1. The van der Waals surface area contributed by atoms with Gasteiger partial charge in [0.1, 0.15) is 5.82 Å². The van der Waals surface area contributed by atoms with Gasteiger partial charge in [0, 0.05) is 30.9 Å². The second-order valence-corrected chi connectivity index (χ2v) is 6.57. The van der Waals surface area contributed by atoms with Crippen LogP contribution in [0.1, 0.15) is 30.1 Å². The molecule has 3 aromatic rings. The predicted octanol–water partition coefficient (Wildman–Crippen LogP) is 3.45. The van der Waals surface area contributed by atoms with Gasteiger partial charge in [0.05, 0.1) is 0 Å². The molecule has 0 aliphatic carbocycles. The summed E-state index contributed by atoms with van der Waals surface area (Å²) in [6.45, 7) is 3.45. The van der Waals surface area contributed by atoms with Crippen LogP contribution >= 0.6 is 0 Å². The Kier molecular flexibility index (Phi) is 4.09. The summed E-state index contributed by atoms with van der Waals surface area (Å²) in [6.07, 6.45) is 3.97. The van der Waals surface area contributed by atoms with Gasteiger partial charge in [-0.25, -0.2) is 4.79 Å². The highest BCUT2D eigenvalue weighted by atomic mass is 16.2. The summed E-state index contributed by atoms with van der Waals surface area (Å²) < 4.78 is 2.02. The van der Waals surface area contributed by atoms with Gasteiger partial charge in [-0.1, -0.05) is 18.2 Å². The molecule has 1 aliphatic rings. The van der Waals surface area contributed by atoms with Crippen molar-refractivity contribution in [2.75, 3.05) is 18.4 Å². The summed E-state index contributed by atoms with van der Waals surface area (Å²) >= 11 is 0. The first-order valence-electron chi connectivity index (χ1n) is 8.63. The first-order chi connectivity index (χ1) is 12.2. The summed E-state index contributed by atoms with van der Waals surface area (Å²) in [5, 5.41) is 11.6. The maximum Gasteiger partial charge on any atom is 0.321 e. The number of nitrogens with zero attached hydrogens (tertiary/aromatic N) is 4. The van der Waals surface area contributed by atoms with Gasteiger partial charge in [-0.2, -0.15) is 0 Å². The third-order valence-corrected chi connectivity index (χ3v) is 4.68. The average molecular weight is 335 g/mol. The summed E-state index contributed by atoms with van der Waals surface area (Å²) in [5.74, 6) is 1.14. The van der Waals surface area contributed by atoms with Crippen molar-refractivity contribution in [3.63, 3.8) is 0 Å². The van der Waals surface area contributed by atoms with Crippen LogP contribution in [-0.4, -0.2) is 38.6 Å². The normalized spacial score (nSPS) is 17.6. The number of aryl methyl sites for hydroxylation is 1. The Morgan fingerprint density at radius 2 is 2.12 bits per heavy atom. The first-order valence-corrected chi connectivity index (χ1v) is 8.63. The number of amides is 2. The van der Waals surface area contributed by atoms with Crippen LogP contribution in [0, 0.1) is 6.92 Å². The fourth-order valence-electron chi connectivity index (χ4n) is 3.44. The molecule has 2 amide bonds. The molecular formula is C19H21N5O. The van der Waals surface area contributed by atoms with Crippen LogP contribution < -0.4 is 5.32 Å². The largest absolute Gasteiger partial charge is 0.324 e. The van der Waals surface area contributed by atoms with Crippen LogP contribution in [0.25, 0.3) is 5.65 Å². The molecule has 6 nitrogen and oxygen atoms in total. The Morgan fingerprint density at radius 1 is 1.20 bits per heavy atom. The molecule has 3 heterocycles. The van der Waals surface area contributed by atoms with E-state index in [4.69, 9.17) is 0 Å². The van der Waals surface area contributed by atoms with E-state index in [-0.39, 0.29) is 11.9 Å². The topological polar surface area (TPSA) is 62.5 Å². The molecule has 1 atom stereocenters. The third kappa shape index (κ3) is 3.20. The number of carbonyl (C=O) groups excluding carboxylic acids is 1. The van der Waals surface area contributed by atoms with E-state index in [0.29, 0.717) is 6.54 Å². The van der Waals surface area contributed by atoms with E-state index in [1.807, 2.05) is 64.9 Å². The smallest absolute Gasteiger partial charge is 0.321 e. The van der Waals surface area contributed by atoms with Crippen molar-refractivity contribution in [3.8, 4) is 0 Å². The van der Waals surface area contributed by atoms with Gasteiger partial charge in [-0.05, 0) is 49.6 Å². The minimum Gasteiger partial charge on any atom is -0.324 e. The molecule has 0 saturated carbocycles. The van der Waals surface area contributed by atoms with Crippen molar-refractivity contribution in [2.45, 2.75) is 25.7 Å². The van der Waals surface area contributed by atoms with E-state index in [1.165, 1.54) is 0 Å². The molecule has 1 aromatic carbocycles. The third-order valence-electron chi connectivity index (χ3n) is 4.68. The maximum atomic E-state index is 12.6. The fraction of sp³-hybridized carbons (Fsp3) is 0.316. The van der Waals surface area contributed by atoms with Gasteiger partial charge in [0.25, 0.3) is 0 Å². The molecule has 1 N–H and O–H groups in total. The molecule has 0 bridgehead atoms. The Hall–Kier alpha value is -2.89. The highest BCUT2D eigenvalue weighted by Crippen LogP contribution is 2.26. The molecule has 128 valence electrons. The number of carbonyl (C=O) groups is 1. The van der Waals surface area contributed by atoms with Crippen molar-refractivity contribution in [3.05, 3.63) is 60.0 Å². The monoisotopic (exact) mass is 335 g/mol. The zero-order valence-corrected chi connectivity index (χ0v) is 14.2. The number of hydrogen-bond donors (Lipinski definition) is 1. The van der Waals surface area contributed by atoms with Crippen LogP contribution in [0.2, 0.25) is 0 Å². The molecule has 25 heavy (non-hydrogen) atoms. The predicted molar refractivity (Wildman–Crippen MR) is 96.7 cm³/mol. The number of nitrogens with one attached hydrogen (secondary N) is 1. The Morgan fingerprint density at radius 3 is 3.00 bits per heavy atom. The molecule has 2 aromatic heterocycles. The lowest BCUT2D eigenvalue weighted by Gasteiger charge is -2.32. The molecule has 0 spiro atoms. The van der Waals surface area contributed by atoms with Gasteiger partial charge >= 0.3 is 6.03 Å². The summed E-state index contributed by atoms with van der Waals surface area (Å²) in [4.78, 5) is 14.5. The molecular weight excluding hydrogens is 314 g/mol. The Labute approximate surface area is 146 Å². The second-order valence-electron chi connectivity index (χ2n) is 6.57. The maximum absolute atomic E-state index is 12.6. The van der Waals surface area contributed by atoms with Crippen molar-refractivity contribution in [1.82, 2.24) is 19.5 Å². The SMILES string of the molecule is Cc1cccc(NC(=O)N2CCCC(c3nnc4ccccn34)C2)c1. The molecule has 1 fully saturated rings. The fourth-order valence-corrected chi connectivity index (χ4v) is 3.44. The second kappa shape index (κ2) is 6.55. The van der Waals surface area contributed by atoms with Gasteiger partial charge in [0.2, 0.25) is 0 Å². The zero-order chi connectivity index (χ0) is 17.2. The minimum absolute atomic E-state index is 0.0517. The molecule has 1 unspecified atom stereocenters. The summed E-state index contributed by atoms with van der Waals surface area (Å²) in [7, 11) is 0. The summed E-state index contributed by atoms with van der Waals surface area (Å²) in [5.41, 5.74) is 2.81. The van der Waals surface area contributed by atoms with Crippen LogP contribution in [0.4, 0.5) is 10.5 Å². The highest BCUT2D eigenvalue weighted by Gasteiger charge is 2.27. The molecule has 4 rings (SSSR count). The number of fused-ring (bicyclic) bond motifs is 1. The van der Waals surface area contributed by atoms with Crippen molar-refractivity contribution in [2.24, 2.45) is 0 Å². The average Bonchev–Trinajstić information content (AvgIpc) is 3.06. The number of benzene rings is 1. The van der Waals surface area contributed by atoms with Gasteiger partial charge in [-0.3, -0.25) is 4.40 Å². The molecule has 0 radical (unpaired) electrons. The minimum atomic E-state index is -0.0517. The van der Waals surface area contributed by atoms with E-state index in [9.17, 15) is 4.79 Å². The van der Waals surface area contributed by atoms with Gasteiger partial charge in [-0.15, -0.1) is 10.2 Å². The van der Waals surface area contributed by atoms with E-state index in [0.717, 1.165) is 42.1 Å². The Bertz CT molecular complexity index is 903. The van der Waals surface area contributed by atoms with Crippen molar-refractivity contribution < 1.29 is 4.79 Å². The lowest BCUT2D eigenvalue weighted by Crippen LogP contribution is -2.42. The number of likely N-dealkylation sites (tertiary alicyclic amines) is 1. The van der Waals surface area contributed by atoms with E-state index in [2.05, 4.69) is 15.5 Å². The van der Waals surface area contributed by atoms with Gasteiger partial charge < -0.3 is 10.2 Å². The summed E-state index contributed by atoms with van der Waals surface area (Å²) in [6, 6.07) is 13.7. The van der Waals surface area contributed by atoms with E-state index >= 15 is 0 Å². The van der Waals surface area contributed by atoms with Crippen LogP contribution in [0.3, 0.4) is 0 Å². The molecule has 1 saturated heterocycles. The number of urea groups is 1. The number of aromatic nitrogens is 3. The van der Waals surface area contributed by atoms with Crippen molar-refractivity contribution >= 4 is 17.4 Å². The van der Waals surface area contributed by atoms with Crippen LogP contribution in [0.15, 0.2) is 48.7 Å². The van der Waals surface area contributed by atoms with Crippen LogP contribution in [0.5, 0.6) is 0 Å². The van der Waals surface area contributed by atoms with Crippen LogP contribution in [-0.2, 0) is 0 Å². The lowest BCUT2D eigenvalue weighted by atomic mass is 9.97. The number of rotatable bonds is 2. The lowest BCUT2D eigenvalue weighted by molar-refractivity contribution is 0.191. The molecule has 1 aliphatic heterocycles. The van der Waals surface area contributed by atoms with E-state index < -0.39 is 0 Å². The van der Waals surface area contributed by atoms with Crippen molar-refractivity contribution in [1.29, 1.82) is 0 Å². The highest BCUT2D eigenvalue weighted by molar-refractivity contribution is 5.89. The zero-order valence-electron chi connectivity index (χ0n) is 14.2. The number of pyridine rings is 1. The number of piperidine rings is 1. The van der Waals surface area contributed by atoms with Gasteiger partial charge in [0.15, 0.2) is 5.65 Å². The Balaban J connectivity index is 1.50. The standard InChI is InChI=1S/C19H21N5O/c1-14-6-4-8-16(12-14)20-19(25)23-10-5-7-15(13-23)18-22-21-17-9-2-3-11-24(17)18/h2-4,6,8-9,11-12,15H,5,7,10,13H2,1H3,(H,20,25). The number of hydrogen-bond acceptors (Lipinski definition) is 3. The van der Waals surface area contributed by atoms with E-state index in [1.54, 1.807) is 0 Å².